The highest BCUT2D eigenvalue weighted by Gasteiger charge is 2.18. The molecule has 0 atom stereocenters. The lowest BCUT2D eigenvalue weighted by atomic mass is 10.1. The topological polar surface area (TPSA) is 61.8 Å². The van der Waals surface area contributed by atoms with Gasteiger partial charge in [-0.05, 0) is 20.4 Å². The molecule has 5 heteroatoms. The van der Waals surface area contributed by atoms with Crippen molar-refractivity contribution in [2.75, 3.05) is 39.9 Å². The Balaban J connectivity index is 3.88. The first-order valence-electron chi connectivity index (χ1n) is 5.59. The highest BCUT2D eigenvalue weighted by Crippen LogP contribution is 2.03. The van der Waals surface area contributed by atoms with Crippen LogP contribution in [-0.4, -0.2) is 61.4 Å². The Hall–Kier alpha value is -0.650. The summed E-state index contributed by atoms with van der Waals surface area (Å²) in [5.41, 5.74) is -0.775. The molecule has 0 unspecified atom stereocenters. The molecule has 0 fully saturated rings. The normalized spacial score (nSPS) is 11.9. The fourth-order valence-electron chi connectivity index (χ4n) is 1.38. The summed E-state index contributed by atoms with van der Waals surface area (Å²) in [6.07, 6.45) is 0. The summed E-state index contributed by atoms with van der Waals surface area (Å²) in [5, 5.41) is 12.4. The highest BCUT2D eigenvalue weighted by atomic mass is 16.5. The van der Waals surface area contributed by atoms with Gasteiger partial charge in [0.25, 0.3) is 0 Å². The number of hydrogen-bond acceptors (Lipinski definition) is 4. The van der Waals surface area contributed by atoms with Gasteiger partial charge in [0.05, 0.1) is 18.8 Å². The monoisotopic (exact) mass is 232 g/mol. The molecule has 96 valence electrons. The van der Waals surface area contributed by atoms with Crippen molar-refractivity contribution in [3.05, 3.63) is 0 Å². The zero-order valence-electron chi connectivity index (χ0n) is 10.7. The van der Waals surface area contributed by atoms with Gasteiger partial charge in [0.1, 0.15) is 0 Å². The summed E-state index contributed by atoms with van der Waals surface area (Å²) in [7, 11) is 1.60. The molecule has 0 radical (unpaired) electrons. The lowest BCUT2D eigenvalue weighted by molar-refractivity contribution is -0.123. The van der Waals surface area contributed by atoms with E-state index in [1.165, 1.54) is 0 Å². The second-order valence-electron chi connectivity index (χ2n) is 4.46. The van der Waals surface area contributed by atoms with Gasteiger partial charge in [0.15, 0.2) is 0 Å². The summed E-state index contributed by atoms with van der Waals surface area (Å²) < 4.78 is 4.84. The van der Waals surface area contributed by atoms with Crippen molar-refractivity contribution in [3.8, 4) is 0 Å². The molecule has 0 aliphatic carbocycles. The van der Waals surface area contributed by atoms with Crippen LogP contribution in [-0.2, 0) is 9.53 Å². The van der Waals surface area contributed by atoms with E-state index in [4.69, 9.17) is 4.74 Å². The molecule has 0 bridgehead atoms. The number of aliphatic hydroxyl groups is 1. The third-order valence-electron chi connectivity index (χ3n) is 2.05. The van der Waals surface area contributed by atoms with Crippen LogP contribution in [0.1, 0.15) is 20.8 Å². The molecular formula is C11H24N2O3. The Morgan fingerprint density at radius 1 is 1.50 bits per heavy atom. The molecule has 0 aromatic carbocycles. The first-order valence-corrected chi connectivity index (χ1v) is 5.59. The molecule has 0 heterocycles. The van der Waals surface area contributed by atoms with E-state index in [1.54, 1.807) is 21.0 Å². The van der Waals surface area contributed by atoms with Gasteiger partial charge in [-0.1, -0.05) is 6.92 Å². The van der Waals surface area contributed by atoms with Crippen LogP contribution in [0.5, 0.6) is 0 Å². The molecule has 0 rings (SSSR count). The maximum Gasteiger partial charge on any atom is 0.234 e. The largest absolute Gasteiger partial charge is 0.389 e. The van der Waals surface area contributed by atoms with Crippen molar-refractivity contribution in [3.63, 3.8) is 0 Å². The van der Waals surface area contributed by atoms with E-state index in [9.17, 15) is 9.90 Å². The van der Waals surface area contributed by atoms with Gasteiger partial charge < -0.3 is 15.2 Å². The van der Waals surface area contributed by atoms with E-state index in [0.717, 1.165) is 6.54 Å². The Bertz CT molecular complexity index is 202. The van der Waals surface area contributed by atoms with E-state index in [2.05, 4.69) is 5.32 Å². The van der Waals surface area contributed by atoms with Gasteiger partial charge in [0.2, 0.25) is 5.91 Å². The zero-order chi connectivity index (χ0) is 12.6. The molecule has 16 heavy (non-hydrogen) atoms. The van der Waals surface area contributed by atoms with Crippen LogP contribution in [0, 0.1) is 0 Å². The van der Waals surface area contributed by atoms with Gasteiger partial charge >= 0.3 is 0 Å². The number of likely N-dealkylation sites (N-methyl/N-ethyl adjacent to an activating group) is 1. The predicted molar refractivity (Wildman–Crippen MR) is 63.3 cm³/mol. The number of rotatable bonds is 8. The van der Waals surface area contributed by atoms with Crippen molar-refractivity contribution in [1.29, 1.82) is 0 Å². The molecule has 0 spiro atoms. The second-order valence-corrected chi connectivity index (χ2v) is 4.46. The minimum absolute atomic E-state index is 0.0387. The molecule has 0 saturated carbocycles. The van der Waals surface area contributed by atoms with Gasteiger partial charge in [-0.3, -0.25) is 9.69 Å². The Morgan fingerprint density at radius 2 is 2.12 bits per heavy atom. The Kier molecular flexibility index (Phi) is 7.29. The highest BCUT2D eigenvalue weighted by molar-refractivity contribution is 5.77. The van der Waals surface area contributed by atoms with Crippen LogP contribution in [0.4, 0.5) is 0 Å². The number of methoxy groups -OCH3 is 1. The van der Waals surface area contributed by atoms with Crippen LogP contribution >= 0.6 is 0 Å². The summed E-state index contributed by atoms with van der Waals surface area (Å²) >= 11 is 0. The summed E-state index contributed by atoms with van der Waals surface area (Å²) in [5.74, 6) is -0.0387. The SMILES string of the molecule is CCN(CC(=O)NCCOC)CC(C)(C)O. The second kappa shape index (κ2) is 7.60. The fourth-order valence-corrected chi connectivity index (χ4v) is 1.38. The van der Waals surface area contributed by atoms with Crippen molar-refractivity contribution < 1.29 is 14.6 Å². The molecule has 0 aliphatic heterocycles. The number of hydrogen-bond donors (Lipinski definition) is 2. The van der Waals surface area contributed by atoms with E-state index in [-0.39, 0.29) is 5.91 Å². The number of nitrogens with one attached hydrogen (secondary N) is 1. The Labute approximate surface area is 97.8 Å². The number of amides is 1. The van der Waals surface area contributed by atoms with Crippen molar-refractivity contribution >= 4 is 5.91 Å². The number of carbonyl (C=O) groups excluding carboxylic acids is 1. The summed E-state index contributed by atoms with van der Waals surface area (Å²) in [6.45, 7) is 8.01. The quantitative estimate of drug-likeness (QED) is 0.571. The maximum atomic E-state index is 11.5. The number of ether oxygens (including phenoxy) is 1. The van der Waals surface area contributed by atoms with Crippen molar-refractivity contribution in [2.24, 2.45) is 0 Å². The van der Waals surface area contributed by atoms with Crippen LogP contribution in [0.2, 0.25) is 0 Å². The first kappa shape index (κ1) is 15.3. The van der Waals surface area contributed by atoms with E-state index < -0.39 is 5.60 Å². The van der Waals surface area contributed by atoms with Crippen LogP contribution < -0.4 is 5.32 Å². The van der Waals surface area contributed by atoms with Crippen LogP contribution in [0.25, 0.3) is 0 Å². The first-order chi connectivity index (χ1) is 7.39. The smallest absolute Gasteiger partial charge is 0.234 e. The van der Waals surface area contributed by atoms with Gasteiger partial charge in [-0.2, -0.15) is 0 Å². The maximum absolute atomic E-state index is 11.5. The van der Waals surface area contributed by atoms with Crippen LogP contribution in [0.15, 0.2) is 0 Å². The van der Waals surface area contributed by atoms with Crippen molar-refractivity contribution in [1.82, 2.24) is 10.2 Å². The fraction of sp³-hybridized carbons (Fsp3) is 0.909. The zero-order valence-corrected chi connectivity index (χ0v) is 10.7. The lowest BCUT2D eigenvalue weighted by Gasteiger charge is -2.27. The third-order valence-corrected chi connectivity index (χ3v) is 2.05. The molecule has 0 aromatic heterocycles. The summed E-state index contributed by atoms with van der Waals surface area (Å²) in [6, 6.07) is 0. The average Bonchev–Trinajstić information content (AvgIpc) is 2.15. The van der Waals surface area contributed by atoms with E-state index in [0.29, 0.717) is 26.2 Å². The predicted octanol–water partition coefficient (Wildman–Crippen LogP) is -0.158. The minimum Gasteiger partial charge on any atom is -0.389 e. The molecule has 0 aromatic rings. The van der Waals surface area contributed by atoms with Crippen molar-refractivity contribution in [2.45, 2.75) is 26.4 Å². The van der Waals surface area contributed by atoms with Gasteiger partial charge in [-0.25, -0.2) is 0 Å². The number of carbonyl (C=O) groups is 1. The molecule has 0 aliphatic rings. The van der Waals surface area contributed by atoms with E-state index in [1.807, 2.05) is 11.8 Å². The third kappa shape index (κ3) is 8.64. The lowest BCUT2D eigenvalue weighted by Crippen LogP contribution is -2.44. The van der Waals surface area contributed by atoms with Gasteiger partial charge in [-0.15, -0.1) is 0 Å². The molecule has 5 nitrogen and oxygen atoms in total. The van der Waals surface area contributed by atoms with Crippen LogP contribution in [0.3, 0.4) is 0 Å². The minimum atomic E-state index is -0.775. The molecule has 2 N–H and O–H groups in total. The molecule has 0 saturated heterocycles. The average molecular weight is 232 g/mol. The molecular weight excluding hydrogens is 208 g/mol. The van der Waals surface area contributed by atoms with Gasteiger partial charge in [0, 0.05) is 20.2 Å². The Morgan fingerprint density at radius 3 is 2.56 bits per heavy atom. The summed E-state index contributed by atoms with van der Waals surface area (Å²) in [4.78, 5) is 13.4. The van der Waals surface area contributed by atoms with E-state index >= 15 is 0 Å². The standard InChI is InChI=1S/C11H24N2O3/c1-5-13(9-11(2,3)15)8-10(14)12-6-7-16-4/h15H,5-9H2,1-4H3,(H,12,14). The number of nitrogens with zero attached hydrogens (tertiary/aromatic N) is 1. The molecule has 1 amide bonds.